The minimum absolute atomic E-state index is 0.0673. The van der Waals surface area contributed by atoms with E-state index in [-0.39, 0.29) is 5.91 Å². The van der Waals surface area contributed by atoms with Crippen molar-refractivity contribution in [3.05, 3.63) is 29.8 Å². The SMILES string of the molecule is CCCOc1ccccc1C(=O)NCC1CCCOC1. The van der Waals surface area contributed by atoms with E-state index >= 15 is 0 Å². The largest absolute Gasteiger partial charge is 0.493 e. The summed E-state index contributed by atoms with van der Waals surface area (Å²) in [6.07, 6.45) is 3.13. The van der Waals surface area contributed by atoms with E-state index < -0.39 is 0 Å². The molecule has 20 heavy (non-hydrogen) atoms. The van der Waals surface area contributed by atoms with Crippen molar-refractivity contribution in [1.82, 2.24) is 5.32 Å². The van der Waals surface area contributed by atoms with Crippen molar-refractivity contribution < 1.29 is 14.3 Å². The summed E-state index contributed by atoms with van der Waals surface area (Å²) in [6, 6.07) is 7.39. The minimum atomic E-state index is -0.0673. The zero-order valence-corrected chi connectivity index (χ0v) is 12.1. The van der Waals surface area contributed by atoms with E-state index in [0.29, 0.717) is 30.4 Å². The lowest BCUT2D eigenvalue weighted by Gasteiger charge is -2.22. The molecule has 0 aromatic heterocycles. The predicted octanol–water partition coefficient (Wildman–Crippen LogP) is 2.63. The Morgan fingerprint density at radius 1 is 1.45 bits per heavy atom. The molecule has 4 nitrogen and oxygen atoms in total. The number of rotatable bonds is 6. The molecule has 1 atom stereocenters. The van der Waals surface area contributed by atoms with Gasteiger partial charge in [0.2, 0.25) is 0 Å². The van der Waals surface area contributed by atoms with Gasteiger partial charge in [-0.25, -0.2) is 0 Å². The summed E-state index contributed by atoms with van der Waals surface area (Å²) in [5, 5.41) is 2.99. The average molecular weight is 277 g/mol. The summed E-state index contributed by atoms with van der Waals surface area (Å²) < 4.78 is 11.0. The van der Waals surface area contributed by atoms with Gasteiger partial charge in [-0.05, 0) is 37.3 Å². The fraction of sp³-hybridized carbons (Fsp3) is 0.562. The molecule has 4 heteroatoms. The van der Waals surface area contributed by atoms with Crippen molar-refractivity contribution >= 4 is 5.91 Å². The Morgan fingerprint density at radius 2 is 2.30 bits per heavy atom. The van der Waals surface area contributed by atoms with Gasteiger partial charge in [0.15, 0.2) is 0 Å². The maximum Gasteiger partial charge on any atom is 0.255 e. The Balaban J connectivity index is 1.90. The van der Waals surface area contributed by atoms with Gasteiger partial charge in [-0.1, -0.05) is 19.1 Å². The zero-order valence-electron chi connectivity index (χ0n) is 12.1. The Labute approximate surface area is 120 Å². The molecule has 2 rings (SSSR count). The quantitative estimate of drug-likeness (QED) is 0.869. The molecule has 1 N–H and O–H groups in total. The highest BCUT2D eigenvalue weighted by Crippen LogP contribution is 2.18. The van der Waals surface area contributed by atoms with Crippen LogP contribution in [0.5, 0.6) is 5.75 Å². The Hall–Kier alpha value is -1.55. The van der Waals surface area contributed by atoms with Crippen molar-refractivity contribution in [2.75, 3.05) is 26.4 Å². The summed E-state index contributed by atoms with van der Waals surface area (Å²) in [7, 11) is 0. The lowest BCUT2D eigenvalue weighted by molar-refractivity contribution is 0.0536. The number of ether oxygens (including phenoxy) is 2. The number of carbonyl (C=O) groups is 1. The van der Waals surface area contributed by atoms with Gasteiger partial charge in [-0.2, -0.15) is 0 Å². The van der Waals surface area contributed by atoms with Crippen LogP contribution < -0.4 is 10.1 Å². The number of hydrogen-bond acceptors (Lipinski definition) is 3. The summed E-state index contributed by atoms with van der Waals surface area (Å²) >= 11 is 0. The zero-order chi connectivity index (χ0) is 14.2. The molecule has 0 bridgehead atoms. The number of benzene rings is 1. The molecule has 1 aromatic carbocycles. The summed E-state index contributed by atoms with van der Waals surface area (Å²) in [5.74, 6) is 1.02. The lowest BCUT2D eigenvalue weighted by Crippen LogP contribution is -2.33. The van der Waals surface area contributed by atoms with E-state index in [2.05, 4.69) is 5.32 Å². The van der Waals surface area contributed by atoms with E-state index in [1.807, 2.05) is 25.1 Å². The third-order valence-electron chi connectivity index (χ3n) is 3.40. The van der Waals surface area contributed by atoms with Crippen LogP contribution in [0, 0.1) is 5.92 Å². The molecule has 0 aliphatic carbocycles. The van der Waals surface area contributed by atoms with Gasteiger partial charge >= 0.3 is 0 Å². The lowest BCUT2D eigenvalue weighted by atomic mass is 10.0. The molecule has 1 aromatic rings. The minimum Gasteiger partial charge on any atom is -0.493 e. The topological polar surface area (TPSA) is 47.6 Å². The van der Waals surface area contributed by atoms with E-state index in [9.17, 15) is 4.79 Å². The maximum absolute atomic E-state index is 12.2. The molecule has 1 heterocycles. The Kier molecular flexibility index (Phi) is 5.87. The second kappa shape index (κ2) is 7.90. The first-order chi connectivity index (χ1) is 9.81. The monoisotopic (exact) mass is 277 g/mol. The van der Waals surface area contributed by atoms with Gasteiger partial charge in [-0.15, -0.1) is 0 Å². The van der Waals surface area contributed by atoms with Crippen LogP contribution in [0.1, 0.15) is 36.5 Å². The molecule has 1 saturated heterocycles. The van der Waals surface area contributed by atoms with E-state index in [0.717, 1.165) is 32.5 Å². The number of carbonyl (C=O) groups excluding carboxylic acids is 1. The second-order valence-electron chi connectivity index (χ2n) is 5.14. The molecule has 1 aliphatic heterocycles. The van der Waals surface area contributed by atoms with Crippen LogP contribution >= 0.6 is 0 Å². The molecule has 0 saturated carbocycles. The summed E-state index contributed by atoms with van der Waals surface area (Å²) in [6.45, 7) is 4.93. The molecule has 1 fully saturated rings. The number of amides is 1. The maximum atomic E-state index is 12.2. The van der Waals surface area contributed by atoms with Gasteiger partial charge in [0, 0.05) is 13.2 Å². The van der Waals surface area contributed by atoms with E-state index in [1.54, 1.807) is 6.07 Å². The first kappa shape index (κ1) is 14.9. The van der Waals surface area contributed by atoms with Crippen LogP contribution in [0.4, 0.5) is 0 Å². The van der Waals surface area contributed by atoms with Crippen LogP contribution in [0.2, 0.25) is 0 Å². The molecule has 0 radical (unpaired) electrons. The predicted molar refractivity (Wildman–Crippen MR) is 78.1 cm³/mol. The van der Waals surface area contributed by atoms with Crippen LogP contribution in [0.15, 0.2) is 24.3 Å². The van der Waals surface area contributed by atoms with Crippen molar-refractivity contribution in [2.24, 2.45) is 5.92 Å². The third kappa shape index (κ3) is 4.23. The van der Waals surface area contributed by atoms with Crippen LogP contribution in [0.25, 0.3) is 0 Å². The molecular formula is C16H23NO3. The van der Waals surface area contributed by atoms with Gasteiger partial charge < -0.3 is 14.8 Å². The highest BCUT2D eigenvalue weighted by Gasteiger charge is 2.17. The molecule has 0 spiro atoms. The Bertz CT molecular complexity index is 427. The molecule has 1 aliphatic rings. The van der Waals surface area contributed by atoms with Gasteiger partial charge in [-0.3, -0.25) is 4.79 Å². The van der Waals surface area contributed by atoms with Gasteiger partial charge in [0.1, 0.15) is 5.75 Å². The van der Waals surface area contributed by atoms with Crippen LogP contribution in [-0.4, -0.2) is 32.3 Å². The van der Waals surface area contributed by atoms with Crippen LogP contribution in [-0.2, 0) is 4.74 Å². The fourth-order valence-corrected chi connectivity index (χ4v) is 2.29. The molecule has 1 amide bonds. The molecule has 110 valence electrons. The highest BCUT2D eigenvalue weighted by atomic mass is 16.5. The normalized spacial score (nSPS) is 18.6. The fourth-order valence-electron chi connectivity index (χ4n) is 2.29. The highest BCUT2D eigenvalue weighted by molar-refractivity contribution is 5.96. The number of para-hydroxylation sites is 1. The first-order valence-electron chi connectivity index (χ1n) is 7.39. The standard InChI is InChI=1S/C16H23NO3/c1-2-9-20-15-8-4-3-7-14(15)16(18)17-11-13-6-5-10-19-12-13/h3-4,7-8,13H,2,5-6,9-12H2,1H3,(H,17,18). The number of hydrogen-bond donors (Lipinski definition) is 1. The third-order valence-corrected chi connectivity index (χ3v) is 3.40. The van der Waals surface area contributed by atoms with Gasteiger partial charge in [0.25, 0.3) is 5.91 Å². The van der Waals surface area contributed by atoms with E-state index in [4.69, 9.17) is 9.47 Å². The molecular weight excluding hydrogens is 254 g/mol. The van der Waals surface area contributed by atoms with Crippen molar-refractivity contribution in [3.8, 4) is 5.75 Å². The van der Waals surface area contributed by atoms with Crippen molar-refractivity contribution in [3.63, 3.8) is 0 Å². The summed E-state index contributed by atoms with van der Waals surface area (Å²) in [5.41, 5.74) is 0.609. The average Bonchev–Trinajstić information content (AvgIpc) is 2.52. The Morgan fingerprint density at radius 3 is 3.05 bits per heavy atom. The first-order valence-corrected chi connectivity index (χ1v) is 7.39. The van der Waals surface area contributed by atoms with E-state index in [1.165, 1.54) is 0 Å². The smallest absolute Gasteiger partial charge is 0.255 e. The van der Waals surface area contributed by atoms with Crippen molar-refractivity contribution in [1.29, 1.82) is 0 Å². The molecule has 1 unspecified atom stereocenters. The van der Waals surface area contributed by atoms with Crippen molar-refractivity contribution in [2.45, 2.75) is 26.2 Å². The van der Waals surface area contributed by atoms with Gasteiger partial charge in [0.05, 0.1) is 18.8 Å². The van der Waals surface area contributed by atoms with Crippen LogP contribution in [0.3, 0.4) is 0 Å². The summed E-state index contributed by atoms with van der Waals surface area (Å²) in [4.78, 5) is 12.2. The second-order valence-corrected chi connectivity index (χ2v) is 5.14. The number of nitrogens with one attached hydrogen (secondary N) is 1.